The molecule has 4 aromatic rings. The predicted octanol–water partition coefficient (Wildman–Crippen LogP) is 4.59. The Morgan fingerprint density at radius 2 is 1.87 bits per heavy atom. The molecule has 0 bridgehead atoms. The first-order valence-corrected chi connectivity index (χ1v) is 10.8. The van der Waals surface area contributed by atoms with Gasteiger partial charge in [-0.15, -0.1) is 21.5 Å². The van der Waals surface area contributed by atoms with Crippen LogP contribution in [0.1, 0.15) is 34.8 Å². The lowest BCUT2D eigenvalue weighted by Crippen LogP contribution is -2.41. The van der Waals surface area contributed by atoms with Crippen LogP contribution in [0.3, 0.4) is 0 Å². The van der Waals surface area contributed by atoms with Crippen LogP contribution in [-0.2, 0) is 6.54 Å². The highest BCUT2D eigenvalue weighted by molar-refractivity contribution is 7.13. The second kappa shape index (κ2) is 7.50. The second-order valence-corrected chi connectivity index (χ2v) is 8.37. The molecule has 30 heavy (non-hydrogen) atoms. The van der Waals surface area contributed by atoms with Crippen LogP contribution in [-0.4, -0.2) is 37.1 Å². The molecular formula is C23H21N5OS. The Balaban J connectivity index is 1.40. The molecule has 1 amide bonds. The molecular weight excluding hydrogens is 394 g/mol. The molecule has 5 rings (SSSR count). The Kier molecular flexibility index (Phi) is 4.67. The molecule has 6 nitrogen and oxygen atoms in total. The maximum atomic E-state index is 13.2. The van der Waals surface area contributed by atoms with E-state index >= 15 is 0 Å². The fourth-order valence-corrected chi connectivity index (χ4v) is 4.64. The lowest BCUT2D eigenvalue weighted by molar-refractivity contribution is 0.0638. The summed E-state index contributed by atoms with van der Waals surface area (Å²) in [7, 11) is 0. The van der Waals surface area contributed by atoms with Crippen LogP contribution in [0.4, 0.5) is 0 Å². The van der Waals surface area contributed by atoms with Gasteiger partial charge in [-0.05, 0) is 55.1 Å². The zero-order valence-electron chi connectivity index (χ0n) is 16.8. The number of hydrogen-bond donors (Lipinski definition) is 0. The van der Waals surface area contributed by atoms with Crippen molar-refractivity contribution in [2.75, 3.05) is 6.54 Å². The fraction of sp³-hybridized carbons (Fsp3) is 0.217. The second-order valence-electron chi connectivity index (χ2n) is 7.43. The van der Waals surface area contributed by atoms with Gasteiger partial charge < -0.3 is 9.47 Å². The van der Waals surface area contributed by atoms with Crippen LogP contribution < -0.4 is 0 Å². The first-order valence-electron chi connectivity index (χ1n) is 9.94. The van der Waals surface area contributed by atoms with Gasteiger partial charge in [-0.3, -0.25) is 4.79 Å². The van der Waals surface area contributed by atoms with Crippen LogP contribution in [0.5, 0.6) is 0 Å². The van der Waals surface area contributed by atoms with Gasteiger partial charge in [-0.25, -0.2) is 4.98 Å². The Hall–Kier alpha value is -3.32. The Morgan fingerprint density at radius 3 is 2.60 bits per heavy atom. The van der Waals surface area contributed by atoms with Crippen molar-refractivity contribution in [3.05, 3.63) is 77.1 Å². The molecule has 0 fully saturated rings. The summed E-state index contributed by atoms with van der Waals surface area (Å²) < 4.78 is 2.08. The van der Waals surface area contributed by atoms with E-state index in [-0.39, 0.29) is 11.9 Å². The molecule has 1 atom stereocenters. The maximum absolute atomic E-state index is 13.2. The van der Waals surface area contributed by atoms with Crippen molar-refractivity contribution in [2.45, 2.75) is 26.4 Å². The van der Waals surface area contributed by atoms with Crippen LogP contribution >= 0.6 is 11.3 Å². The number of thiophene rings is 1. The predicted molar refractivity (Wildman–Crippen MR) is 117 cm³/mol. The zero-order chi connectivity index (χ0) is 20.7. The maximum Gasteiger partial charge on any atom is 0.254 e. The number of aromatic nitrogens is 4. The monoisotopic (exact) mass is 415 g/mol. The van der Waals surface area contributed by atoms with Crippen molar-refractivity contribution in [1.29, 1.82) is 0 Å². The Labute approximate surface area is 178 Å². The quantitative estimate of drug-likeness (QED) is 0.491. The molecule has 1 aliphatic rings. The first-order chi connectivity index (χ1) is 14.6. The molecule has 1 aliphatic heterocycles. The topological polar surface area (TPSA) is 63.9 Å². The smallest absolute Gasteiger partial charge is 0.254 e. The van der Waals surface area contributed by atoms with Gasteiger partial charge in [0.05, 0.1) is 6.04 Å². The number of aryl methyl sites for hydroxylation is 1. The highest BCUT2D eigenvalue weighted by Crippen LogP contribution is 2.30. The lowest BCUT2D eigenvalue weighted by atomic mass is 10.1. The van der Waals surface area contributed by atoms with Crippen molar-refractivity contribution in [3.63, 3.8) is 0 Å². The molecule has 1 unspecified atom stereocenters. The summed E-state index contributed by atoms with van der Waals surface area (Å²) in [5, 5.41) is 10.8. The van der Waals surface area contributed by atoms with E-state index < -0.39 is 0 Å². The van der Waals surface area contributed by atoms with Gasteiger partial charge in [0, 0.05) is 29.2 Å². The molecule has 1 aromatic carbocycles. The van der Waals surface area contributed by atoms with Crippen molar-refractivity contribution in [1.82, 2.24) is 24.6 Å². The first kappa shape index (κ1) is 18.7. The van der Waals surface area contributed by atoms with Gasteiger partial charge in [-0.2, -0.15) is 0 Å². The summed E-state index contributed by atoms with van der Waals surface area (Å²) in [6, 6.07) is 17.7. The van der Waals surface area contributed by atoms with E-state index in [0.29, 0.717) is 18.7 Å². The third kappa shape index (κ3) is 3.21. The van der Waals surface area contributed by atoms with Crippen LogP contribution in [0, 0.1) is 6.92 Å². The number of rotatable bonds is 3. The van der Waals surface area contributed by atoms with E-state index in [1.807, 2.05) is 67.3 Å². The third-order valence-corrected chi connectivity index (χ3v) is 6.42. The minimum atomic E-state index is -0.158. The van der Waals surface area contributed by atoms with Crippen LogP contribution in [0.25, 0.3) is 22.0 Å². The molecule has 0 spiro atoms. The van der Waals surface area contributed by atoms with Crippen LogP contribution in [0.15, 0.2) is 60.0 Å². The minimum Gasteiger partial charge on any atom is -0.327 e. The van der Waals surface area contributed by atoms with Gasteiger partial charge in [0.2, 0.25) is 0 Å². The molecule has 0 aliphatic carbocycles. The van der Waals surface area contributed by atoms with Crippen molar-refractivity contribution < 1.29 is 4.79 Å². The van der Waals surface area contributed by atoms with E-state index in [2.05, 4.69) is 31.2 Å². The third-order valence-electron chi connectivity index (χ3n) is 5.50. The zero-order valence-corrected chi connectivity index (χ0v) is 17.6. The summed E-state index contributed by atoms with van der Waals surface area (Å²) >= 11 is 1.69. The van der Waals surface area contributed by atoms with Crippen molar-refractivity contribution in [3.8, 4) is 22.0 Å². The van der Waals surface area contributed by atoms with E-state index in [1.54, 1.807) is 11.3 Å². The van der Waals surface area contributed by atoms with Gasteiger partial charge >= 0.3 is 0 Å². The number of hydrogen-bond acceptors (Lipinski definition) is 5. The summed E-state index contributed by atoms with van der Waals surface area (Å²) in [4.78, 5) is 20.8. The van der Waals surface area contributed by atoms with E-state index in [9.17, 15) is 4.79 Å². The molecule has 0 N–H and O–H groups in total. The number of fused-ring (bicyclic) bond motifs is 1. The normalized spacial score (nSPS) is 15.8. The molecule has 7 heteroatoms. The molecule has 0 saturated heterocycles. The van der Waals surface area contributed by atoms with Gasteiger partial charge in [0.1, 0.15) is 5.69 Å². The van der Waals surface area contributed by atoms with E-state index in [4.69, 9.17) is 0 Å². The van der Waals surface area contributed by atoms with Crippen LogP contribution in [0.2, 0.25) is 0 Å². The molecule has 0 saturated carbocycles. The minimum absolute atomic E-state index is 0.0183. The number of nitrogens with zero attached hydrogens (tertiary/aromatic N) is 5. The lowest BCUT2D eigenvalue weighted by Gasteiger charge is -2.33. The number of benzene rings is 1. The highest BCUT2D eigenvalue weighted by atomic mass is 32.1. The summed E-state index contributed by atoms with van der Waals surface area (Å²) in [6.45, 7) is 5.22. The number of amides is 1. The van der Waals surface area contributed by atoms with Crippen molar-refractivity contribution in [2.24, 2.45) is 0 Å². The molecule has 4 heterocycles. The number of carbonyl (C=O) groups is 1. The van der Waals surface area contributed by atoms with Crippen molar-refractivity contribution >= 4 is 17.2 Å². The summed E-state index contributed by atoms with van der Waals surface area (Å²) in [6.07, 6.45) is 0. The van der Waals surface area contributed by atoms with Gasteiger partial charge in [0.25, 0.3) is 5.91 Å². The largest absolute Gasteiger partial charge is 0.327 e. The van der Waals surface area contributed by atoms with E-state index in [0.717, 1.165) is 28.6 Å². The molecule has 3 aromatic heterocycles. The number of pyridine rings is 1. The summed E-state index contributed by atoms with van der Waals surface area (Å²) in [5.41, 5.74) is 3.57. The van der Waals surface area contributed by atoms with Gasteiger partial charge in [-0.1, -0.05) is 24.3 Å². The average molecular weight is 416 g/mol. The highest BCUT2D eigenvalue weighted by Gasteiger charge is 2.32. The Bertz CT molecular complexity index is 1200. The SMILES string of the molecule is Cc1cccc(-c2nnc3n2CCN(C(=O)c2ccc(-c4cccs4)cc2)C3C)n1. The number of carbonyl (C=O) groups excluding carboxylic acids is 1. The standard InChI is InChI=1S/C23H21N5OS/c1-15-5-3-6-19(24-15)22-26-25-21-16(2)27(12-13-28(21)22)23(29)18-10-8-17(9-11-18)20-7-4-14-30-20/h3-11,14,16H,12-13H2,1-2H3. The summed E-state index contributed by atoms with van der Waals surface area (Å²) in [5.74, 6) is 1.57. The Morgan fingerprint density at radius 1 is 1.03 bits per heavy atom. The average Bonchev–Trinajstić information content (AvgIpc) is 3.44. The van der Waals surface area contributed by atoms with E-state index in [1.165, 1.54) is 4.88 Å². The molecule has 0 radical (unpaired) electrons. The molecule has 150 valence electrons. The fourth-order valence-electron chi connectivity index (χ4n) is 3.91. The van der Waals surface area contributed by atoms with Gasteiger partial charge in [0.15, 0.2) is 11.6 Å².